The summed E-state index contributed by atoms with van der Waals surface area (Å²) in [4.78, 5) is 12.0. The van der Waals surface area contributed by atoms with Crippen molar-refractivity contribution in [3.05, 3.63) is 48.5 Å². The summed E-state index contributed by atoms with van der Waals surface area (Å²) in [5, 5.41) is 2.97. The number of amides is 2. The minimum absolute atomic E-state index is 0.0653. The van der Waals surface area contributed by atoms with Crippen LogP contribution in [0.5, 0.6) is 5.75 Å². The summed E-state index contributed by atoms with van der Waals surface area (Å²) in [6, 6.07) is 11.5. The van der Waals surface area contributed by atoms with Crippen molar-refractivity contribution >= 4 is 11.7 Å². The van der Waals surface area contributed by atoms with Gasteiger partial charge in [-0.25, -0.2) is 4.79 Å². The summed E-state index contributed by atoms with van der Waals surface area (Å²) in [5.41, 5.74) is -3.21. The highest BCUT2D eigenvalue weighted by Crippen LogP contribution is 2.42. The van der Waals surface area contributed by atoms with E-state index in [1.54, 1.807) is 36.4 Å². The largest absolute Gasteiger partial charge is 0.495 e. The van der Waals surface area contributed by atoms with Gasteiger partial charge in [0.25, 0.3) is 0 Å². The fraction of sp³-hybridized carbons (Fsp3) is 0.278. The lowest BCUT2D eigenvalue weighted by Gasteiger charge is -2.34. The summed E-state index contributed by atoms with van der Waals surface area (Å²) < 4.78 is 82.7. The van der Waals surface area contributed by atoms with E-state index in [0.717, 1.165) is 10.9 Å². The normalized spacial score (nSPS) is 12.4. The van der Waals surface area contributed by atoms with Crippen molar-refractivity contribution in [1.82, 2.24) is 5.32 Å². The Labute approximate surface area is 156 Å². The number of hydrogen-bond acceptors (Lipinski definition) is 2. The molecule has 2 N–H and O–H groups in total. The maximum Gasteiger partial charge on any atom is 0.420 e. The second-order valence-corrected chi connectivity index (χ2v) is 5.98. The first-order chi connectivity index (χ1) is 12.9. The molecule has 28 heavy (non-hydrogen) atoms. The van der Waals surface area contributed by atoms with Crippen LogP contribution in [0.3, 0.4) is 0 Å². The molecule has 0 saturated heterocycles. The van der Waals surface area contributed by atoms with Gasteiger partial charge < -0.3 is 15.4 Å². The second-order valence-electron chi connectivity index (χ2n) is 5.98. The quantitative estimate of drug-likeness (QED) is 0.671. The van der Waals surface area contributed by atoms with E-state index in [-0.39, 0.29) is 18.4 Å². The van der Waals surface area contributed by atoms with Gasteiger partial charge in [0.2, 0.25) is 5.54 Å². The highest BCUT2D eigenvalue weighted by atomic mass is 19.4. The summed E-state index contributed by atoms with van der Waals surface area (Å²) in [6.07, 6.45) is -11.5. The molecule has 0 heterocycles. The molecule has 0 atom stereocenters. The van der Waals surface area contributed by atoms with Gasteiger partial charge in [-0.3, -0.25) is 0 Å². The fourth-order valence-electron chi connectivity index (χ4n) is 2.30. The van der Waals surface area contributed by atoms with Crippen LogP contribution < -0.4 is 15.4 Å². The van der Waals surface area contributed by atoms with Crippen molar-refractivity contribution in [2.75, 3.05) is 12.4 Å². The first-order valence-electron chi connectivity index (χ1n) is 7.85. The first kappa shape index (κ1) is 21.4. The van der Waals surface area contributed by atoms with Crippen molar-refractivity contribution in [1.29, 1.82) is 0 Å². The van der Waals surface area contributed by atoms with Crippen molar-refractivity contribution in [3.63, 3.8) is 0 Å². The number of ether oxygens (including phenoxy) is 1. The van der Waals surface area contributed by atoms with Gasteiger partial charge in [0.15, 0.2) is 0 Å². The van der Waals surface area contributed by atoms with Crippen LogP contribution in [0.15, 0.2) is 48.5 Å². The Morgan fingerprint density at radius 3 is 1.96 bits per heavy atom. The van der Waals surface area contributed by atoms with Gasteiger partial charge >= 0.3 is 18.4 Å². The van der Waals surface area contributed by atoms with E-state index < -0.39 is 23.9 Å². The number of benzene rings is 2. The zero-order valence-electron chi connectivity index (χ0n) is 14.7. The minimum atomic E-state index is -5.75. The van der Waals surface area contributed by atoms with Gasteiger partial charge in [-0.1, -0.05) is 36.4 Å². The third-order valence-electron chi connectivity index (χ3n) is 4.05. The molecule has 152 valence electrons. The molecule has 0 saturated carbocycles. The Bertz CT molecular complexity index is 820. The number of carbonyl (C=O) groups excluding carboxylic acids is 1. The van der Waals surface area contributed by atoms with Gasteiger partial charge in [-0.15, -0.1) is 0 Å². The molecule has 2 aromatic carbocycles. The van der Waals surface area contributed by atoms with Crippen molar-refractivity contribution in [2.24, 2.45) is 0 Å². The van der Waals surface area contributed by atoms with E-state index >= 15 is 0 Å². The van der Waals surface area contributed by atoms with Crippen LogP contribution in [0.1, 0.15) is 6.92 Å². The Morgan fingerprint density at radius 2 is 1.46 bits per heavy atom. The zero-order valence-corrected chi connectivity index (χ0v) is 14.7. The van der Waals surface area contributed by atoms with Crippen LogP contribution in [0.4, 0.5) is 36.8 Å². The monoisotopic (exact) mass is 406 g/mol. The fourth-order valence-corrected chi connectivity index (χ4v) is 2.30. The van der Waals surface area contributed by atoms with Crippen molar-refractivity contribution in [2.45, 2.75) is 24.8 Å². The topological polar surface area (TPSA) is 50.4 Å². The maximum atomic E-state index is 12.9. The van der Waals surface area contributed by atoms with Crippen LogP contribution in [0.2, 0.25) is 0 Å². The summed E-state index contributed by atoms with van der Waals surface area (Å²) in [5.74, 6) is 0.0653. The van der Waals surface area contributed by atoms with Crippen molar-refractivity contribution in [3.8, 4) is 16.9 Å². The molecule has 0 spiro atoms. The summed E-state index contributed by atoms with van der Waals surface area (Å²) in [7, 11) is 1.25. The number of alkyl halides is 6. The van der Waals surface area contributed by atoms with Gasteiger partial charge in [0.1, 0.15) is 5.75 Å². The Hall–Kier alpha value is -2.91. The molecule has 2 aromatic rings. The smallest absolute Gasteiger partial charge is 0.420 e. The summed E-state index contributed by atoms with van der Waals surface area (Å²) >= 11 is 0. The molecule has 4 nitrogen and oxygen atoms in total. The highest BCUT2D eigenvalue weighted by molar-refractivity contribution is 5.92. The summed E-state index contributed by atoms with van der Waals surface area (Å²) in [6.45, 7) is -0.149. The molecule has 0 fully saturated rings. The number of rotatable bonds is 4. The minimum Gasteiger partial charge on any atom is -0.495 e. The molecule has 10 heteroatoms. The van der Waals surface area contributed by atoms with Gasteiger partial charge in [0, 0.05) is 0 Å². The van der Waals surface area contributed by atoms with Crippen LogP contribution >= 0.6 is 0 Å². The lowest BCUT2D eigenvalue weighted by molar-refractivity contribution is -0.297. The van der Waals surface area contributed by atoms with E-state index in [4.69, 9.17) is 4.74 Å². The molecule has 0 aliphatic carbocycles. The number of halogens is 6. The number of anilines is 1. The SMILES string of the molecule is COc1ccc(-c2ccccc2)cc1NC(=O)NC(C)(C(F)(F)F)C(F)(F)F. The van der Waals surface area contributed by atoms with Crippen molar-refractivity contribution < 1.29 is 35.9 Å². The first-order valence-corrected chi connectivity index (χ1v) is 7.85. The number of hydrogen-bond donors (Lipinski definition) is 2. The molecule has 0 unspecified atom stereocenters. The van der Waals surface area contributed by atoms with E-state index in [1.807, 2.05) is 5.32 Å². The van der Waals surface area contributed by atoms with E-state index in [1.165, 1.54) is 19.2 Å². The molecule has 2 amide bonds. The zero-order chi connectivity index (χ0) is 21.2. The van der Waals surface area contributed by atoms with E-state index in [9.17, 15) is 31.1 Å². The Balaban J connectivity index is 2.32. The van der Waals surface area contributed by atoms with Crippen LogP contribution in [0, 0.1) is 0 Å². The molecule has 0 bridgehead atoms. The number of methoxy groups -OCH3 is 1. The molecular weight excluding hydrogens is 390 g/mol. The van der Waals surface area contributed by atoms with E-state index in [0.29, 0.717) is 5.56 Å². The Morgan fingerprint density at radius 1 is 0.893 bits per heavy atom. The molecule has 0 radical (unpaired) electrons. The van der Waals surface area contributed by atoms with Gasteiger partial charge in [-0.05, 0) is 30.2 Å². The third-order valence-corrected chi connectivity index (χ3v) is 4.05. The van der Waals surface area contributed by atoms with Crippen LogP contribution in [-0.2, 0) is 0 Å². The lowest BCUT2D eigenvalue weighted by Crippen LogP contribution is -2.66. The molecule has 0 aromatic heterocycles. The third kappa shape index (κ3) is 4.32. The Kier molecular flexibility index (Phi) is 5.81. The average molecular weight is 406 g/mol. The predicted molar refractivity (Wildman–Crippen MR) is 91.1 cm³/mol. The average Bonchev–Trinajstić information content (AvgIpc) is 2.60. The number of carbonyl (C=O) groups is 1. The predicted octanol–water partition coefficient (Wildman–Crippen LogP) is 5.37. The van der Waals surface area contributed by atoms with Gasteiger partial charge in [-0.2, -0.15) is 26.3 Å². The van der Waals surface area contributed by atoms with Crippen LogP contribution in [-0.4, -0.2) is 31.0 Å². The standard InChI is InChI=1S/C18H16F6N2O2/c1-16(17(19,20)21,18(22,23)24)26-15(27)25-13-10-12(8-9-14(13)28-2)11-6-4-3-5-7-11/h3-10H,1-2H3,(H2,25,26,27). The molecule has 0 aliphatic heterocycles. The molecule has 0 aliphatic rings. The van der Waals surface area contributed by atoms with E-state index in [2.05, 4.69) is 0 Å². The highest BCUT2D eigenvalue weighted by Gasteiger charge is 2.68. The molecule has 2 rings (SSSR count). The number of nitrogens with one attached hydrogen (secondary N) is 2. The maximum absolute atomic E-state index is 12.9. The molecular formula is C18H16F6N2O2. The van der Waals surface area contributed by atoms with Crippen LogP contribution in [0.25, 0.3) is 11.1 Å². The second kappa shape index (κ2) is 7.61. The number of urea groups is 1. The van der Waals surface area contributed by atoms with Gasteiger partial charge in [0.05, 0.1) is 12.8 Å². The lowest BCUT2D eigenvalue weighted by atomic mass is 10.0.